The second-order valence-corrected chi connectivity index (χ2v) is 1.93. The van der Waals surface area contributed by atoms with Crippen molar-refractivity contribution in [3.05, 3.63) is 12.7 Å². The number of hydrogen-bond acceptors (Lipinski definition) is 6. The molecule has 12 heavy (non-hydrogen) atoms. The van der Waals surface area contributed by atoms with Gasteiger partial charge < -0.3 is 15.5 Å². The normalized spacial score (nSPS) is 9.33. The standard InChI is InChI=1S/C6H8N4O2/c1-2-3-7-4-8-5(11)10-6(12)9-4/h2H,1,3H2,(H3,7,8,9,10,11,12). The fourth-order valence-electron chi connectivity index (χ4n) is 0.596. The molecule has 1 aromatic heterocycles. The highest BCUT2D eigenvalue weighted by Crippen LogP contribution is 2.08. The highest BCUT2D eigenvalue weighted by atomic mass is 16.3. The van der Waals surface area contributed by atoms with E-state index in [0.29, 0.717) is 6.54 Å². The van der Waals surface area contributed by atoms with Crippen molar-refractivity contribution in [1.82, 2.24) is 15.0 Å². The van der Waals surface area contributed by atoms with Crippen LogP contribution >= 0.6 is 0 Å². The van der Waals surface area contributed by atoms with Gasteiger partial charge in [0.15, 0.2) is 0 Å². The van der Waals surface area contributed by atoms with Gasteiger partial charge >= 0.3 is 12.0 Å². The largest absolute Gasteiger partial charge is 0.479 e. The molecule has 0 aliphatic carbocycles. The van der Waals surface area contributed by atoms with Crippen LogP contribution in [0, 0.1) is 0 Å². The van der Waals surface area contributed by atoms with E-state index in [2.05, 4.69) is 26.8 Å². The minimum atomic E-state index is -0.519. The molecule has 0 aliphatic rings. The van der Waals surface area contributed by atoms with Crippen molar-refractivity contribution in [1.29, 1.82) is 0 Å². The maximum atomic E-state index is 8.81. The predicted molar refractivity (Wildman–Crippen MR) is 41.8 cm³/mol. The molecule has 0 saturated carbocycles. The van der Waals surface area contributed by atoms with E-state index in [1.807, 2.05) is 0 Å². The second kappa shape index (κ2) is 3.51. The molecule has 1 rings (SSSR count). The van der Waals surface area contributed by atoms with Crippen LogP contribution in [-0.2, 0) is 0 Å². The third kappa shape index (κ3) is 2.08. The summed E-state index contributed by atoms with van der Waals surface area (Å²) >= 11 is 0. The van der Waals surface area contributed by atoms with Crippen LogP contribution in [0.4, 0.5) is 5.95 Å². The van der Waals surface area contributed by atoms with E-state index in [4.69, 9.17) is 10.2 Å². The van der Waals surface area contributed by atoms with Crippen LogP contribution in [0.25, 0.3) is 0 Å². The molecule has 0 amide bonds. The van der Waals surface area contributed by atoms with E-state index < -0.39 is 12.0 Å². The lowest BCUT2D eigenvalue weighted by atomic mass is 10.6. The first kappa shape index (κ1) is 8.25. The van der Waals surface area contributed by atoms with Crippen molar-refractivity contribution in [3.63, 3.8) is 0 Å². The van der Waals surface area contributed by atoms with E-state index in [1.54, 1.807) is 6.08 Å². The van der Waals surface area contributed by atoms with Crippen molar-refractivity contribution in [3.8, 4) is 12.0 Å². The highest BCUT2D eigenvalue weighted by Gasteiger charge is 2.01. The van der Waals surface area contributed by atoms with Crippen molar-refractivity contribution in [2.24, 2.45) is 0 Å². The van der Waals surface area contributed by atoms with Gasteiger partial charge in [-0.25, -0.2) is 0 Å². The average Bonchev–Trinajstić information content (AvgIpc) is 1.99. The molecular formula is C6H8N4O2. The number of aromatic hydroxyl groups is 2. The summed E-state index contributed by atoms with van der Waals surface area (Å²) < 4.78 is 0. The van der Waals surface area contributed by atoms with Crippen LogP contribution in [0.15, 0.2) is 12.7 Å². The van der Waals surface area contributed by atoms with E-state index in [9.17, 15) is 0 Å². The average molecular weight is 168 g/mol. The smallest absolute Gasteiger partial charge is 0.321 e. The van der Waals surface area contributed by atoms with Crippen LogP contribution in [0.2, 0.25) is 0 Å². The summed E-state index contributed by atoms with van der Waals surface area (Å²) in [6.45, 7) is 3.91. The molecule has 3 N–H and O–H groups in total. The Kier molecular flexibility index (Phi) is 2.42. The lowest BCUT2D eigenvalue weighted by Gasteiger charge is -2.00. The van der Waals surface area contributed by atoms with Gasteiger partial charge in [-0.1, -0.05) is 6.08 Å². The minimum Gasteiger partial charge on any atom is -0.479 e. The maximum absolute atomic E-state index is 8.81. The quantitative estimate of drug-likeness (QED) is 0.545. The summed E-state index contributed by atoms with van der Waals surface area (Å²) in [5.41, 5.74) is 0. The van der Waals surface area contributed by atoms with Crippen LogP contribution in [0.3, 0.4) is 0 Å². The van der Waals surface area contributed by atoms with Gasteiger partial charge in [-0.3, -0.25) is 0 Å². The Morgan fingerprint density at radius 3 is 2.33 bits per heavy atom. The van der Waals surface area contributed by atoms with Gasteiger partial charge in [0.05, 0.1) is 0 Å². The van der Waals surface area contributed by atoms with Crippen molar-refractivity contribution < 1.29 is 10.2 Å². The van der Waals surface area contributed by atoms with Gasteiger partial charge in [-0.2, -0.15) is 9.97 Å². The Morgan fingerprint density at radius 2 is 1.83 bits per heavy atom. The van der Waals surface area contributed by atoms with Gasteiger partial charge in [0.25, 0.3) is 0 Å². The Labute approximate surface area is 68.6 Å². The second-order valence-electron chi connectivity index (χ2n) is 1.93. The molecule has 64 valence electrons. The molecule has 1 heterocycles. The monoisotopic (exact) mass is 168 g/mol. The van der Waals surface area contributed by atoms with Crippen molar-refractivity contribution in [2.45, 2.75) is 0 Å². The molecule has 0 unspecified atom stereocenters. The number of hydrogen-bond donors (Lipinski definition) is 3. The van der Waals surface area contributed by atoms with Crippen LogP contribution in [0.5, 0.6) is 12.0 Å². The summed E-state index contributed by atoms with van der Waals surface area (Å²) in [5.74, 6) is 0.111. The molecular weight excluding hydrogens is 160 g/mol. The number of aromatic nitrogens is 3. The predicted octanol–water partition coefficient (Wildman–Crippen LogP) is -0.119. The van der Waals surface area contributed by atoms with Gasteiger partial charge in [-0.15, -0.1) is 11.6 Å². The third-order valence-electron chi connectivity index (χ3n) is 1.02. The van der Waals surface area contributed by atoms with Gasteiger partial charge in [-0.05, 0) is 0 Å². The molecule has 0 atom stereocenters. The number of rotatable bonds is 3. The van der Waals surface area contributed by atoms with E-state index in [-0.39, 0.29) is 5.95 Å². The first-order valence-corrected chi connectivity index (χ1v) is 3.21. The van der Waals surface area contributed by atoms with Gasteiger partial charge in [0, 0.05) is 6.54 Å². The van der Waals surface area contributed by atoms with E-state index in [0.717, 1.165) is 0 Å². The highest BCUT2D eigenvalue weighted by molar-refractivity contribution is 5.27. The molecule has 1 aromatic rings. The van der Waals surface area contributed by atoms with Crippen molar-refractivity contribution >= 4 is 5.95 Å². The molecule has 0 fully saturated rings. The van der Waals surface area contributed by atoms with E-state index in [1.165, 1.54) is 0 Å². The third-order valence-corrected chi connectivity index (χ3v) is 1.02. The molecule has 0 bridgehead atoms. The Bertz CT molecular complexity index is 269. The zero-order chi connectivity index (χ0) is 8.97. The first-order chi connectivity index (χ1) is 5.72. The molecule has 6 heteroatoms. The summed E-state index contributed by atoms with van der Waals surface area (Å²) in [4.78, 5) is 10.1. The molecule has 0 aromatic carbocycles. The lowest BCUT2D eigenvalue weighted by molar-refractivity contribution is 0.384. The molecule has 6 nitrogen and oxygen atoms in total. The maximum Gasteiger partial charge on any atom is 0.321 e. The lowest BCUT2D eigenvalue weighted by Crippen LogP contribution is -2.03. The Balaban J connectivity index is 2.78. The zero-order valence-electron chi connectivity index (χ0n) is 6.23. The SMILES string of the molecule is C=CCNc1nc(O)nc(O)n1. The fraction of sp³-hybridized carbons (Fsp3) is 0.167. The Hall–Kier alpha value is -1.85. The first-order valence-electron chi connectivity index (χ1n) is 3.21. The summed E-state index contributed by atoms with van der Waals surface area (Å²) in [6, 6.07) is -1.04. The van der Waals surface area contributed by atoms with Gasteiger partial charge in [0.1, 0.15) is 0 Å². The topological polar surface area (TPSA) is 91.2 Å². The fourth-order valence-corrected chi connectivity index (χ4v) is 0.596. The van der Waals surface area contributed by atoms with E-state index >= 15 is 0 Å². The van der Waals surface area contributed by atoms with Crippen molar-refractivity contribution in [2.75, 3.05) is 11.9 Å². The summed E-state index contributed by atoms with van der Waals surface area (Å²) in [6.07, 6.45) is 1.60. The van der Waals surface area contributed by atoms with Crippen LogP contribution < -0.4 is 5.32 Å². The molecule has 0 saturated heterocycles. The Morgan fingerprint density at radius 1 is 1.25 bits per heavy atom. The minimum absolute atomic E-state index is 0.111. The zero-order valence-corrected chi connectivity index (χ0v) is 6.23. The number of nitrogens with one attached hydrogen (secondary N) is 1. The molecule has 0 spiro atoms. The van der Waals surface area contributed by atoms with Crippen LogP contribution in [0.1, 0.15) is 0 Å². The number of anilines is 1. The summed E-state index contributed by atoms with van der Waals surface area (Å²) in [5, 5.41) is 20.3. The van der Waals surface area contributed by atoms with Gasteiger partial charge in [0.2, 0.25) is 5.95 Å². The number of nitrogens with zero attached hydrogens (tertiary/aromatic N) is 3. The molecule has 0 aliphatic heterocycles. The van der Waals surface area contributed by atoms with Crippen LogP contribution in [-0.4, -0.2) is 31.7 Å². The molecule has 0 radical (unpaired) electrons. The summed E-state index contributed by atoms with van der Waals surface area (Å²) in [7, 11) is 0.